The summed E-state index contributed by atoms with van der Waals surface area (Å²) in [6, 6.07) is -2.52. The first-order valence-corrected chi connectivity index (χ1v) is 38.9. The van der Waals surface area contributed by atoms with Crippen LogP contribution in [-0.4, -0.2) is 215 Å². The first-order valence-electron chi connectivity index (χ1n) is 38.9. The number of amides is 2. The van der Waals surface area contributed by atoms with Crippen molar-refractivity contribution in [3.63, 3.8) is 0 Å². The van der Waals surface area contributed by atoms with Crippen LogP contribution < -0.4 is 10.6 Å². The van der Waals surface area contributed by atoms with Crippen LogP contribution in [-0.2, 0) is 42.8 Å². The Bertz CT molecular complexity index is 1950. The lowest BCUT2D eigenvalue weighted by Crippen LogP contribution is -2.70. The molecule has 3 saturated heterocycles. The fourth-order valence-electron chi connectivity index (χ4n) is 13.9. The number of rotatable bonds is 61. The van der Waals surface area contributed by atoms with Gasteiger partial charge in [-0.05, 0) is 12.8 Å². The lowest BCUT2D eigenvalue weighted by atomic mass is 9.88. The van der Waals surface area contributed by atoms with E-state index in [1.165, 1.54) is 218 Å². The highest BCUT2D eigenvalue weighted by molar-refractivity contribution is 5.77. The Morgan fingerprint density at radius 1 is 0.495 bits per heavy atom. The fourth-order valence-corrected chi connectivity index (χ4v) is 13.9. The molecule has 18 unspecified atom stereocenters. The van der Waals surface area contributed by atoms with Gasteiger partial charge in [0.2, 0.25) is 11.8 Å². The summed E-state index contributed by atoms with van der Waals surface area (Å²) in [7, 11) is 0. The molecule has 0 aliphatic carbocycles. The first kappa shape index (κ1) is 88.9. The number of ether oxygens (including phenoxy) is 6. The van der Waals surface area contributed by atoms with Crippen molar-refractivity contribution in [3.05, 3.63) is 0 Å². The minimum atomic E-state index is -3.08. The molecule has 0 aromatic rings. The minimum absolute atomic E-state index is 0.229. The lowest BCUT2D eigenvalue weighted by molar-refractivity contribution is -0.386. The Kier molecular flexibility index (Phi) is 49.9. The van der Waals surface area contributed by atoms with Gasteiger partial charge in [0, 0.05) is 19.8 Å². The Morgan fingerprint density at radius 3 is 1.29 bits per heavy atom. The molecule has 23 heteroatoms. The standard InChI is InChI=1S/C74H140N2O21/c1-4-6-8-10-12-14-16-18-20-22-24-25-26-27-28-29-30-31-33-35-37-39-41-43-45-47-56(81)55(76-61(84)48-46-44-42-40-38-36-34-32-23-21-19-17-15-13-11-9-7-5-2)53-92-71-66(88)65(87)68(60(52-79)94-71)95-72-67(89)70(64(86)59(51-78)93-72)97-74(73(90)91)49-57(82)62(75-54(3)80)69(96-74)63(85)58(83)50-77/h55-60,62-72,77-79,81-83,85-89H,4-53H2,1-3H3,(H,75,80)(H,76,84)(H,90,91). The Labute approximate surface area is 582 Å². The largest absolute Gasteiger partial charge is 0.477 e. The Morgan fingerprint density at radius 2 is 0.897 bits per heavy atom. The van der Waals surface area contributed by atoms with Crippen LogP contribution in [0.15, 0.2) is 0 Å². The summed E-state index contributed by atoms with van der Waals surface area (Å²) in [5, 5.41) is 136. The van der Waals surface area contributed by atoms with Gasteiger partial charge in [0.1, 0.15) is 67.1 Å². The molecule has 2 amide bonds. The normalized spacial score (nSPS) is 27.3. The fraction of sp³-hybridized carbons (Fsp3) is 0.959. The highest BCUT2D eigenvalue weighted by Crippen LogP contribution is 2.39. The summed E-state index contributed by atoms with van der Waals surface area (Å²) in [5.74, 6) is -6.09. The van der Waals surface area contributed by atoms with E-state index < -0.39 is 148 Å². The summed E-state index contributed by atoms with van der Waals surface area (Å²) in [5.41, 5.74) is 0. The minimum Gasteiger partial charge on any atom is -0.477 e. The van der Waals surface area contributed by atoms with Gasteiger partial charge in [-0.15, -0.1) is 0 Å². The molecule has 0 radical (unpaired) electrons. The third-order valence-electron chi connectivity index (χ3n) is 20.1. The van der Waals surface area contributed by atoms with E-state index >= 15 is 0 Å². The van der Waals surface area contributed by atoms with Gasteiger partial charge < -0.3 is 100 Å². The van der Waals surface area contributed by atoms with Crippen molar-refractivity contribution in [3.8, 4) is 0 Å². The Hall–Kier alpha value is -2.27. The number of unbranched alkanes of at least 4 members (excludes halogenated alkanes) is 41. The van der Waals surface area contributed by atoms with Gasteiger partial charge in [0.25, 0.3) is 5.79 Å². The molecule has 0 bridgehead atoms. The smallest absolute Gasteiger partial charge is 0.364 e. The number of aliphatic carboxylic acids is 1. The Balaban J connectivity index is 1.53. The van der Waals surface area contributed by atoms with E-state index in [1.807, 2.05) is 0 Å². The summed E-state index contributed by atoms with van der Waals surface area (Å²) < 4.78 is 35.0. The molecule has 18 atom stereocenters. The number of carbonyl (C=O) groups is 3. The summed E-state index contributed by atoms with van der Waals surface area (Å²) in [6.07, 6.45) is 25.2. The third-order valence-corrected chi connectivity index (χ3v) is 20.1. The average Bonchev–Trinajstić information content (AvgIpc) is 0.758. The van der Waals surface area contributed by atoms with E-state index in [1.54, 1.807) is 0 Å². The number of carboxylic acids is 1. The molecule has 3 fully saturated rings. The molecule has 0 spiro atoms. The molecule has 3 aliphatic heterocycles. The summed E-state index contributed by atoms with van der Waals surface area (Å²) >= 11 is 0. The number of hydrogen-bond acceptors (Lipinski definition) is 20. The van der Waals surface area contributed by atoms with Gasteiger partial charge >= 0.3 is 5.97 Å². The second kappa shape index (κ2) is 54.4. The molecule has 3 rings (SSSR count). The highest BCUT2D eigenvalue weighted by Gasteiger charge is 2.60. The zero-order valence-electron chi connectivity index (χ0n) is 60.2. The van der Waals surface area contributed by atoms with Crippen LogP contribution in [0.5, 0.6) is 0 Å². The van der Waals surface area contributed by atoms with Gasteiger partial charge in [-0.1, -0.05) is 284 Å². The number of carboxylic acid groups (broad SMARTS) is 1. The predicted octanol–water partition coefficient (Wildman–Crippen LogP) is 9.24. The van der Waals surface area contributed by atoms with E-state index in [2.05, 4.69) is 24.5 Å². The van der Waals surface area contributed by atoms with E-state index in [9.17, 15) is 75.7 Å². The second-order valence-electron chi connectivity index (χ2n) is 28.6. The van der Waals surface area contributed by atoms with E-state index in [4.69, 9.17) is 28.4 Å². The van der Waals surface area contributed by atoms with Crippen molar-refractivity contribution < 1.29 is 104 Å². The van der Waals surface area contributed by atoms with Crippen LogP contribution >= 0.6 is 0 Å². The summed E-state index contributed by atoms with van der Waals surface area (Å²) in [6.45, 7) is 2.26. The summed E-state index contributed by atoms with van der Waals surface area (Å²) in [4.78, 5) is 38.7. The van der Waals surface area contributed by atoms with E-state index in [0.29, 0.717) is 19.3 Å². The molecule has 3 aliphatic rings. The number of aliphatic hydroxyl groups is 11. The average molecular weight is 1390 g/mol. The zero-order chi connectivity index (χ0) is 71.1. The first-order chi connectivity index (χ1) is 46.9. The molecule has 572 valence electrons. The van der Waals surface area contributed by atoms with Crippen LogP contribution in [0.1, 0.15) is 316 Å². The third kappa shape index (κ3) is 35.7. The van der Waals surface area contributed by atoms with Crippen molar-refractivity contribution in [2.75, 3.05) is 26.4 Å². The van der Waals surface area contributed by atoms with Crippen molar-refractivity contribution in [1.82, 2.24) is 10.6 Å². The van der Waals surface area contributed by atoms with Gasteiger partial charge in [-0.3, -0.25) is 9.59 Å². The molecule has 14 N–H and O–H groups in total. The van der Waals surface area contributed by atoms with Gasteiger partial charge in [-0.2, -0.15) is 0 Å². The second-order valence-corrected chi connectivity index (χ2v) is 28.6. The van der Waals surface area contributed by atoms with Crippen molar-refractivity contribution in [2.45, 2.75) is 426 Å². The topological polar surface area (TPSA) is 373 Å². The maximum atomic E-state index is 13.5. The highest BCUT2D eigenvalue weighted by atomic mass is 16.8. The lowest BCUT2D eigenvalue weighted by Gasteiger charge is -2.50. The number of aliphatic hydroxyl groups excluding tert-OH is 11. The molecular weight excluding hydrogens is 1250 g/mol. The van der Waals surface area contributed by atoms with Gasteiger partial charge in [0.15, 0.2) is 12.6 Å². The molecule has 0 saturated carbocycles. The van der Waals surface area contributed by atoms with Crippen LogP contribution in [0, 0.1) is 0 Å². The van der Waals surface area contributed by atoms with Gasteiger partial charge in [-0.25, -0.2) is 4.79 Å². The molecular formula is C74H140N2O21. The monoisotopic (exact) mass is 1390 g/mol. The molecule has 23 nitrogen and oxygen atoms in total. The molecule has 0 aromatic carbocycles. The SMILES string of the molecule is CCCCCCCCCCCCCCCCCCCCCCCCCCCC(O)C(COC1OC(CO)C(OC2OC(CO)C(O)C(OC3(C(=O)O)CC(O)C(NC(C)=O)C(C(O)C(O)CO)O3)C2O)C(O)C1O)NC(=O)CCCCCCCCCCCCCCCCCCCC. The van der Waals surface area contributed by atoms with Crippen LogP contribution in [0.3, 0.4) is 0 Å². The molecule has 0 aromatic heterocycles. The number of hydrogen-bond donors (Lipinski definition) is 14. The van der Waals surface area contributed by atoms with Crippen molar-refractivity contribution in [1.29, 1.82) is 0 Å². The van der Waals surface area contributed by atoms with Crippen molar-refractivity contribution in [2.24, 2.45) is 0 Å². The molecule has 97 heavy (non-hydrogen) atoms. The number of carbonyl (C=O) groups excluding carboxylic acids is 2. The maximum absolute atomic E-state index is 13.5. The van der Waals surface area contributed by atoms with Crippen LogP contribution in [0.2, 0.25) is 0 Å². The molecule has 3 heterocycles. The van der Waals surface area contributed by atoms with Crippen LogP contribution in [0.4, 0.5) is 0 Å². The quantitative estimate of drug-likeness (QED) is 0.0252. The van der Waals surface area contributed by atoms with E-state index in [0.717, 1.165) is 51.9 Å². The van der Waals surface area contributed by atoms with Crippen molar-refractivity contribution >= 4 is 17.8 Å². The maximum Gasteiger partial charge on any atom is 0.364 e. The van der Waals surface area contributed by atoms with E-state index in [-0.39, 0.29) is 18.9 Å². The zero-order valence-corrected chi connectivity index (χ0v) is 60.2. The van der Waals surface area contributed by atoms with Gasteiger partial charge in [0.05, 0.1) is 50.7 Å². The van der Waals surface area contributed by atoms with Crippen LogP contribution in [0.25, 0.3) is 0 Å². The number of nitrogens with one attached hydrogen (secondary N) is 2. The predicted molar refractivity (Wildman–Crippen MR) is 371 cm³/mol.